The zero-order chi connectivity index (χ0) is 93.2. The van der Waals surface area contributed by atoms with Crippen molar-refractivity contribution in [1.29, 1.82) is 0 Å². The maximum atomic E-state index is 4.89. The third-order valence-electron chi connectivity index (χ3n) is 21.8. The minimum absolute atomic E-state index is 0. The molecule has 0 unspecified atom stereocenters. The van der Waals surface area contributed by atoms with E-state index >= 15 is 0 Å². The first-order valence-corrected chi connectivity index (χ1v) is 45.4. The number of fused-ring (bicyclic) bond motifs is 6. The number of hydrogen-bond donors (Lipinski definition) is 0. The Morgan fingerprint density at radius 1 is 0.279 bits per heavy atom. The molecular weight excluding hydrogens is 2630 g/mol. The number of rotatable bonds is 11. The van der Waals surface area contributed by atoms with Crippen molar-refractivity contribution in [3.05, 3.63) is 511 Å². The second-order valence-electron chi connectivity index (χ2n) is 34.5. The van der Waals surface area contributed by atoms with E-state index in [4.69, 9.17) is 9.97 Å². The van der Waals surface area contributed by atoms with E-state index in [2.05, 4.69) is 226 Å². The van der Waals surface area contributed by atoms with Crippen molar-refractivity contribution in [2.75, 3.05) is 0 Å². The van der Waals surface area contributed by atoms with Crippen molar-refractivity contribution < 1.29 is 101 Å². The zero-order valence-electron chi connectivity index (χ0n) is 78.2. The summed E-state index contributed by atoms with van der Waals surface area (Å²) in [7, 11) is 0. The molecule has 13 nitrogen and oxygen atoms in total. The van der Waals surface area contributed by atoms with E-state index in [0.717, 1.165) is 172 Å². The fourth-order valence-electron chi connectivity index (χ4n) is 14.8. The molecule has 0 fully saturated rings. The van der Waals surface area contributed by atoms with Gasteiger partial charge >= 0.3 is 0 Å². The molecule has 22 aromatic rings. The minimum Gasteiger partial charge on any atom is -0.295 e. The summed E-state index contributed by atoms with van der Waals surface area (Å²) >= 11 is 1.56. The number of nitrogens with zero attached hydrogens (tertiary/aromatic N) is 13. The molecule has 8 aromatic heterocycles. The molecule has 0 spiro atoms. The van der Waals surface area contributed by atoms with Gasteiger partial charge in [-0.25, -0.2) is 19.9 Å². The average molecular weight is 2730 g/mol. The van der Waals surface area contributed by atoms with Gasteiger partial charge in [0.2, 0.25) is 0 Å². The number of para-hydroxylation sites is 6. The summed E-state index contributed by atoms with van der Waals surface area (Å²) in [5.41, 5.74) is 25.5. The monoisotopic (exact) mass is 2730 g/mol. The Labute approximate surface area is 891 Å². The van der Waals surface area contributed by atoms with Crippen molar-refractivity contribution in [3.8, 4) is 56.5 Å². The van der Waals surface area contributed by atoms with Gasteiger partial charge in [0.05, 0.1) is 44.7 Å². The molecule has 0 aliphatic carbocycles. The maximum Gasteiger partial charge on any atom is 0.108 e. The van der Waals surface area contributed by atoms with E-state index in [1.807, 2.05) is 327 Å². The molecule has 140 heavy (non-hydrogen) atoms. The van der Waals surface area contributed by atoms with Crippen molar-refractivity contribution in [2.45, 2.75) is 78.6 Å². The van der Waals surface area contributed by atoms with Crippen LogP contribution in [0.1, 0.15) is 113 Å². The Kier molecular flexibility index (Phi) is 39.9. The normalized spacial score (nSPS) is 11.0. The number of thiophene rings is 1. The largest absolute Gasteiger partial charge is 0.295 e. The van der Waals surface area contributed by atoms with Crippen molar-refractivity contribution in [2.24, 2.45) is 0 Å². The van der Waals surface area contributed by atoms with Gasteiger partial charge in [0, 0.05) is 146 Å². The molecule has 0 aliphatic rings. The molecule has 703 valence electrons. The van der Waals surface area contributed by atoms with E-state index in [9.17, 15) is 0 Å². The molecule has 0 amide bonds. The number of aromatic nitrogens is 13. The summed E-state index contributed by atoms with van der Waals surface area (Å²) in [5.74, 6) is 1.48. The first-order valence-electron chi connectivity index (χ1n) is 44.5. The smallest absolute Gasteiger partial charge is 0.108 e. The summed E-state index contributed by atoms with van der Waals surface area (Å²) in [5, 5.41) is 11.6. The van der Waals surface area contributed by atoms with Gasteiger partial charge in [0.1, 0.15) is 25.3 Å². The SMILES string of the molecule is CC(C)(C)c1c[c-]c(-c2nc(C(C)(C)C)c3ccccc3n2)cc1.CC(C)(C)c1c[c-]c(-c2ncc3ccccc3n2)cc1.[C-](=C(c1ccccc1)c1ccccn1)c1ccccc1.[C-](=C(c1ccccc1)c1ncnc2ccccc12)c1ccccc1.[Ir].[Ir].[Ir].[Ir].[Ir].[c-]1ccccc1-c1ncnc2ccccc12.[c-]1ccccc1-c1ncnc2ccccc12.[c-]1sccc1-c1ncnc2ccccc12. The van der Waals surface area contributed by atoms with E-state index < -0.39 is 0 Å². The number of benzene rings is 14. The van der Waals surface area contributed by atoms with Gasteiger partial charge < -0.3 is 0 Å². The van der Waals surface area contributed by atoms with E-state index in [1.54, 1.807) is 36.6 Å². The Morgan fingerprint density at radius 3 is 1.11 bits per heavy atom. The van der Waals surface area contributed by atoms with Gasteiger partial charge in [0.25, 0.3) is 0 Å². The molecule has 22 rings (SSSR count). The molecular formula is C121H96Ir5N13S-7. The van der Waals surface area contributed by atoms with Gasteiger partial charge in [-0.3, -0.25) is 56.2 Å². The first kappa shape index (κ1) is 107. The summed E-state index contributed by atoms with van der Waals surface area (Å²) < 4.78 is 0. The first-order chi connectivity index (χ1) is 65.9. The number of pyridine rings is 1. The van der Waals surface area contributed by atoms with E-state index in [1.165, 1.54) is 11.1 Å². The molecule has 0 saturated carbocycles. The minimum atomic E-state index is -0.0390. The third kappa shape index (κ3) is 28.5. The Bertz CT molecular complexity index is 7520. The molecule has 19 heteroatoms. The molecule has 0 aliphatic heterocycles. The van der Waals surface area contributed by atoms with Crippen LogP contribution in [0.15, 0.2) is 419 Å². The predicted octanol–water partition coefficient (Wildman–Crippen LogP) is 28.7. The summed E-state index contributed by atoms with van der Waals surface area (Å²) in [6.07, 6.45) is 17.1. The second-order valence-corrected chi connectivity index (χ2v) is 35.2. The van der Waals surface area contributed by atoms with Crippen molar-refractivity contribution in [1.82, 2.24) is 64.8 Å². The van der Waals surface area contributed by atoms with Gasteiger partial charge in [-0.1, -0.05) is 308 Å². The predicted molar refractivity (Wildman–Crippen MR) is 552 cm³/mol. The molecule has 8 heterocycles. The quantitative estimate of drug-likeness (QED) is 0.0887. The van der Waals surface area contributed by atoms with Crippen LogP contribution in [0.2, 0.25) is 0 Å². The molecule has 5 radical (unpaired) electrons. The van der Waals surface area contributed by atoms with Crippen LogP contribution in [0.5, 0.6) is 0 Å². The van der Waals surface area contributed by atoms with Crippen molar-refractivity contribution in [3.63, 3.8) is 0 Å². The topological polar surface area (TPSA) is 168 Å². The van der Waals surface area contributed by atoms with Crippen molar-refractivity contribution >= 4 is 87.9 Å². The third-order valence-corrected chi connectivity index (χ3v) is 22.4. The molecule has 0 saturated heterocycles. The molecule has 0 N–H and O–H groups in total. The van der Waals surface area contributed by atoms with Crippen LogP contribution in [0, 0.1) is 41.8 Å². The standard InChI is InChI=1S/C22H15N2.C22H25N2.C19H14N.C18H17N2.2C14H9N2.C12H7N2S.5Ir/c1-3-9-17(10-4-1)15-20(18-11-5-2-6-12-18)22-19-13-7-8-14-21(19)23-16-24-22;1-21(2,3)16-13-11-15(12-14-16)20-23-18-10-8-7-9-17(18)19(24-20)22(4,5)6;1-3-9-16(10-4-1)15-18(17-11-5-2-6-12-17)19-13-7-8-14-20-19;1-18(2,3)15-10-8-13(9-11-15)17-19-12-14-6-4-5-7-16(14)20-17;2*1-2-6-11(7-3-1)14-12-8-4-5-9-13(12)15-10-16-14;1-2-4-11-10(3-1)12(14-8-13-11)9-5-6-15-7-9;;;;;/h1-14,16H;7-11,13-14H,1-6H3;1-14H;4-8,10-12H,1-3H3;2*1-6,8-10H;1-6,8H;;;;;/q7*-1;;;;;. The van der Waals surface area contributed by atoms with Gasteiger partial charge in [-0.05, 0) is 91.9 Å². The average Bonchev–Trinajstić information content (AvgIpc) is 0.879. The van der Waals surface area contributed by atoms with Crippen LogP contribution in [0.4, 0.5) is 0 Å². The van der Waals surface area contributed by atoms with Crippen LogP contribution < -0.4 is 0 Å². The fourth-order valence-corrected chi connectivity index (χ4v) is 15.4. The Balaban J connectivity index is 0.000000156. The van der Waals surface area contributed by atoms with Crippen LogP contribution in [0.3, 0.4) is 0 Å². The summed E-state index contributed by atoms with van der Waals surface area (Å²) in [6.45, 7) is 19.8. The summed E-state index contributed by atoms with van der Waals surface area (Å²) in [4.78, 5) is 57.8. The van der Waals surface area contributed by atoms with E-state index in [-0.39, 0.29) is 117 Å². The molecule has 0 atom stereocenters. The van der Waals surface area contributed by atoms with Crippen LogP contribution in [-0.4, -0.2) is 64.8 Å². The maximum absolute atomic E-state index is 4.89. The van der Waals surface area contributed by atoms with Gasteiger partial charge in [-0.15, -0.1) is 201 Å². The van der Waals surface area contributed by atoms with Crippen LogP contribution in [-0.2, 0) is 117 Å². The molecule has 0 bridgehead atoms. The van der Waals surface area contributed by atoms with Gasteiger partial charge in [-0.2, -0.15) is 6.07 Å². The second kappa shape index (κ2) is 52.1. The molecule has 14 aromatic carbocycles. The number of hydrogen-bond acceptors (Lipinski definition) is 14. The Morgan fingerprint density at radius 2 is 0.671 bits per heavy atom. The summed E-state index contributed by atoms with van der Waals surface area (Å²) in [6, 6.07) is 138. The van der Waals surface area contributed by atoms with Crippen LogP contribution in [0.25, 0.3) is 133 Å². The van der Waals surface area contributed by atoms with E-state index in [0.29, 0.717) is 0 Å². The zero-order valence-corrected chi connectivity index (χ0v) is 91.0. The fraction of sp³-hybridized carbons (Fsp3) is 0.0992. The van der Waals surface area contributed by atoms with Crippen LogP contribution >= 0.6 is 11.3 Å². The van der Waals surface area contributed by atoms with Gasteiger partial charge in [0.15, 0.2) is 0 Å². The Hall–Kier alpha value is -13.3.